The van der Waals surface area contributed by atoms with Crippen LogP contribution in [0, 0.1) is 17.2 Å². The molecule has 0 aromatic rings. The fourth-order valence-corrected chi connectivity index (χ4v) is 2.71. The molecule has 0 spiro atoms. The Morgan fingerprint density at radius 3 is 1.72 bits per heavy atom. The molecular formula is C16H27NO. The molecular weight excluding hydrogens is 222 g/mol. The summed E-state index contributed by atoms with van der Waals surface area (Å²) in [6.07, 6.45) is 15.0. The van der Waals surface area contributed by atoms with Crippen LogP contribution >= 0.6 is 0 Å². The molecule has 0 aliphatic heterocycles. The summed E-state index contributed by atoms with van der Waals surface area (Å²) < 4.78 is 0. The second kappa shape index (κ2) is 10.1. The first-order chi connectivity index (χ1) is 8.84. The molecule has 0 saturated heterocycles. The highest BCUT2D eigenvalue weighted by atomic mass is 16.1. The van der Waals surface area contributed by atoms with E-state index in [4.69, 9.17) is 5.26 Å². The van der Waals surface area contributed by atoms with Crippen LogP contribution in [0.15, 0.2) is 0 Å². The molecule has 0 N–H and O–H groups in total. The number of hydrogen-bond donors (Lipinski definition) is 0. The van der Waals surface area contributed by atoms with Gasteiger partial charge in [0.05, 0.1) is 6.07 Å². The van der Waals surface area contributed by atoms with Gasteiger partial charge in [-0.25, -0.2) is 0 Å². The van der Waals surface area contributed by atoms with Crippen molar-refractivity contribution in [2.24, 2.45) is 5.92 Å². The van der Waals surface area contributed by atoms with Gasteiger partial charge in [-0.2, -0.15) is 5.26 Å². The monoisotopic (exact) mass is 249 g/mol. The Morgan fingerprint density at radius 2 is 1.22 bits per heavy atom. The Kier molecular flexibility index (Phi) is 8.55. The van der Waals surface area contributed by atoms with Crippen LogP contribution in [0.25, 0.3) is 0 Å². The number of hydrogen-bond acceptors (Lipinski definition) is 2. The van der Waals surface area contributed by atoms with Gasteiger partial charge < -0.3 is 0 Å². The maximum atomic E-state index is 11.9. The van der Waals surface area contributed by atoms with E-state index in [0.717, 1.165) is 25.7 Å². The summed E-state index contributed by atoms with van der Waals surface area (Å²) in [5, 5.41) is 9.04. The lowest BCUT2D eigenvalue weighted by Crippen LogP contribution is -2.12. The van der Waals surface area contributed by atoms with Crippen molar-refractivity contribution >= 4 is 5.78 Å². The average molecular weight is 249 g/mol. The van der Waals surface area contributed by atoms with Gasteiger partial charge in [0.15, 0.2) is 0 Å². The molecule has 1 saturated carbocycles. The lowest BCUT2D eigenvalue weighted by atomic mass is 9.94. The van der Waals surface area contributed by atoms with E-state index in [2.05, 4.69) is 6.07 Å². The van der Waals surface area contributed by atoms with Crippen LogP contribution in [0.1, 0.15) is 83.5 Å². The third-order valence-electron chi connectivity index (χ3n) is 3.96. The Bertz CT molecular complexity index is 267. The van der Waals surface area contributed by atoms with Crippen LogP contribution in [0.5, 0.6) is 0 Å². The quantitative estimate of drug-likeness (QED) is 0.620. The molecule has 2 nitrogen and oxygen atoms in total. The van der Waals surface area contributed by atoms with Crippen molar-refractivity contribution in [1.29, 1.82) is 5.26 Å². The topological polar surface area (TPSA) is 40.9 Å². The first-order valence-electron chi connectivity index (χ1n) is 7.77. The van der Waals surface area contributed by atoms with Crippen LogP contribution < -0.4 is 0 Å². The molecule has 1 aliphatic carbocycles. The van der Waals surface area contributed by atoms with Gasteiger partial charge in [0, 0.05) is 6.42 Å². The summed E-state index contributed by atoms with van der Waals surface area (Å²) in [6, 6.07) is 2.20. The van der Waals surface area contributed by atoms with Gasteiger partial charge in [-0.3, -0.25) is 4.79 Å². The molecule has 0 aromatic heterocycles. The summed E-state index contributed by atoms with van der Waals surface area (Å²) in [5.74, 6) is -0.137. The Labute approximate surface area is 112 Å². The minimum absolute atomic E-state index is 0.187. The van der Waals surface area contributed by atoms with Crippen molar-refractivity contribution in [2.45, 2.75) is 83.5 Å². The lowest BCUT2D eigenvalue weighted by Gasteiger charge is -2.07. The second-order valence-corrected chi connectivity index (χ2v) is 5.58. The highest BCUT2D eigenvalue weighted by molar-refractivity contribution is 5.83. The number of carbonyl (C=O) groups is 1. The summed E-state index contributed by atoms with van der Waals surface area (Å²) >= 11 is 0. The Hall–Kier alpha value is -0.840. The van der Waals surface area contributed by atoms with Crippen molar-refractivity contribution < 1.29 is 4.79 Å². The highest BCUT2D eigenvalue weighted by Gasteiger charge is 2.16. The fraction of sp³-hybridized carbons (Fsp3) is 0.875. The van der Waals surface area contributed by atoms with Crippen LogP contribution in [0.3, 0.4) is 0 Å². The van der Waals surface area contributed by atoms with Crippen LogP contribution in [0.4, 0.5) is 0 Å². The van der Waals surface area contributed by atoms with E-state index in [1.54, 1.807) is 0 Å². The van der Waals surface area contributed by atoms with E-state index < -0.39 is 0 Å². The smallest absolute Gasteiger partial charge is 0.149 e. The van der Waals surface area contributed by atoms with Gasteiger partial charge in [-0.1, -0.05) is 64.2 Å². The Morgan fingerprint density at radius 1 is 0.778 bits per heavy atom. The van der Waals surface area contributed by atoms with Crippen molar-refractivity contribution in [3.63, 3.8) is 0 Å². The van der Waals surface area contributed by atoms with E-state index in [1.165, 1.54) is 51.4 Å². The SMILES string of the molecule is N#CC1CCCCCCCCCCCCCC1=O. The minimum atomic E-state index is -0.324. The predicted molar refractivity (Wildman–Crippen MR) is 74.1 cm³/mol. The molecule has 0 bridgehead atoms. The number of nitriles is 1. The maximum Gasteiger partial charge on any atom is 0.149 e. The van der Waals surface area contributed by atoms with Gasteiger partial charge in [0.25, 0.3) is 0 Å². The number of carbonyl (C=O) groups excluding carboxylic acids is 1. The van der Waals surface area contributed by atoms with Gasteiger partial charge in [0.2, 0.25) is 0 Å². The first kappa shape index (κ1) is 15.2. The molecule has 1 fully saturated rings. The van der Waals surface area contributed by atoms with Crippen molar-refractivity contribution in [3.05, 3.63) is 0 Å². The lowest BCUT2D eigenvalue weighted by molar-refractivity contribution is -0.121. The van der Waals surface area contributed by atoms with Gasteiger partial charge in [-0.05, 0) is 12.8 Å². The average Bonchev–Trinajstić information content (AvgIpc) is 2.39. The maximum absolute atomic E-state index is 11.9. The summed E-state index contributed by atoms with van der Waals surface area (Å²) in [5.41, 5.74) is 0. The molecule has 1 unspecified atom stereocenters. The number of ketones is 1. The van der Waals surface area contributed by atoms with Crippen LogP contribution in [-0.2, 0) is 4.79 Å². The minimum Gasteiger partial charge on any atom is -0.298 e. The number of rotatable bonds is 0. The van der Waals surface area contributed by atoms with Crippen LogP contribution in [0.2, 0.25) is 0 Å². The first-order valence-corrected chi connectivity index (χ1v) is 7.77. The molecule has 0 heterocycles. The zero-order valence-electron chi connectivity index (χ0n) is 11.6. The third kappa shape index (κ3) is 6.79. The van der Waals surface area contributed by atoms with E-state index in [9.17, 15) is 4.79 Å². The Balaban J connectivity index is 2.34. The van der Waals surface area contributed by atoms with Crippen LogP contribution in [-0.4, -0.2) is 5.78 Å². The van der Waals surface area contributed by atoms with Gasteiger partial charge in [0.1, 0.15) is 11.7 Å². The second-order valence-electron chi connectivity index (χ2n) is 5.58. The van der Waals surface area contributed by atoms with Gasteiger partial charge in [-0.15, -0.1) is 0 Å². The highest BCUT2D eigenvalue weighted by Crippen LogP contribution is 2.18. The molecule has 1 atom stereocenters. The predicted octanol–water partition coefficient (Wildman–Crippen LogP) is 4.78. The van der Waals surface area contributed by atoms with Crippen molar-refractivity contribution in [1.82, 2.24) is 0 Å². The summed E-state index contributed by atoms with van der Waals surface area (Å²) in [7, 11) is 0. The van der Waals surface area contributed by atoms with E-state index in [1.807, 2.05) is 0 Å². The van der Waals surface area contributed by atoms with Crippen molar-refractivity contribution in [2.75, 3.05) is 0 Å². The molecule has 1 rings (SSSR count). The normalized spacial score (nSPS) is 25.7. The summed E-state index contributed by atoms with van der Waals surface area (Å²) in [4.78, 5) is 11.9. The molecule has 18 heavy (non-hydrogen) atoms. The standard InChI is InChI=1S/C16H27NO/c17-14-15-12-10-8-6-4-2-1-3-5-7-9-11-13-16(15)18/h15H,1-13H2. The molecule has 0 amide bonds. The van der Waals surface area contributed by atoms with E-state index >= 15 is 0 Å². The molecule has 1 aliphatic rings. The molecule has 0 radical (unpaired) electrons. The molecule has 2 heteroatoms. The van der Waals surface area contributed by atoms with E-state index in [0.29, 0.717) is 6.42 Å². The van der Waals surface area contributed by atoms with E-state index in [-0.39, 0.29) is 11.7 Å². The number of Topliss-reactive ketones (excluding diaryl/α,β-unsaturated/α-hetero) is 1. The molecule has 0 aromatic carbocycles. The summed E-state index contributed by atoms with van der Waals surface area (Å²) in [6.45, 7) is 0. The number of nitrogens with zero attached hydrogens (tertiary/aromatic N) is 1. The third-order valence-corrected chi connectivity index (χ3v) is 3.96. The molecule has 102 valence electrons. The largest absolute Gasteiger partial charge is 0.298 e. The zero-order chi connectivity index (χ0) is 13.1. The zero-order valence-corrected chi connectivity index (χ0v) is 11.6. The van der Waals surface area contributed by atoms with Gasteiger partial charge >= 0.3 is 0 Å². The fourth-order valence-electron chi connectivity index (χ4n) is 2.71. The van der Waals surface area contributed by atoms with Crippen molar-refractivity contribution in [3.8, 4) is 6.07 Å².